The number of hydrogen-bond donors (Lipinski definition) is 2. The Hall–Kier alpha value is -1.35. The number of aliphatic imine (C=N–C) groups is 1. The molecule has 0 bridgehead atoms. The summed E-state index contributed by atoms with van der Waals surface area (Å²) in [7, 11) is 0. The first-order valence-electron chi connectivity index (χ1n) is 11.6. The number of benzene rings is 1. The third-order valence-corrected chi connectivity index (χ3v) is 12.4. The molecule has 0 atom stereocenters. The number of nitrogens with two attached hydrogens (primary N) is 2. The molecule has 172 valence electrons. The van der Waals surface area contributed by atoms with Crippen LogP contribution in [0.1, 0.15) is 49.7 Å². The average molecular weight is 540 g/mol. The number of carbonyl (C=O) groups excluding carboxylic acids is 1. The van der Waals surface area contributed by atoms with E-state index in [-0.39, 0.29) is 17.3 Å². The molecule has 0 radical (unpaired) electrons. The monoisotopic (exact) mass is 539 g/mol. The molecule has 1 aromatic carbocycles. The number of likely N-dealkylation sites (tertiary alicyclic amines) is 1. The fourth-order valence-corrected chi connectivity index (χ4v) is 9.10. The van der Waals surface area contributed by atoms with Crippen LogP contribution in [0.4, 0.5) is 0 Å². The van der Waals surface area contributed by atoms with Crippen LogP contribution in [0.15, 0.2) is 29.3 Å². The normalized spacial score (nSPS) is 26.5. The third kappa shape index (κ3) is 4.72. The number of halogens is 1. The molecule has 7 heteroatoms. The zero-order valence-electron chi connectivity index (χ0n) is 19.0. The molecule has 6 nitrogen and oxygen atoms in total. The fourth-order valence-electron chi connectivity index (χ4n) is 5.89. The van der Waals surface area contributed by atoms with Gasteiger partial charge in [-0.2, -0.15) is 0 Å². The van der Waals surface area contributed by atoms with Crippen molar-refractivity contribution in [3.05, 3.63) is 35.4 Å². The van der Waals surface area contributed by atoms with Crippen LogP contribution in [0.3, 0.4) is 0 Å². The Labute approximate surface area is 194 Å². The molecule has 1 aliphatic carbocycles. The van der Waals surface area contributed by atoms with Crippen molar-refractivity contribution in [2.45, 2.75) is 60.5 Å². The summed E-state index contributed by atoms with van der Waals surface area (Å²) in [6, 6.07) is 9.27. The number of guanidine groups is 1. The molecule has 4 N–H and O–H groups in total. The van der Waals surface area contributed by atoms with Crippen molar-refractivity contribution in [3.63, 3.8) is 0 Å². The molecular formula is C24H38IN5O. The van der Waals surface area contributed by atoms with Crippen LogP contribution in [-0.4, -0.2) is 67.7 Å². The van der Waals surface area contributed by atoms with E-state index in [2.05, 4.69) is 44.0 Å². The first-order chi connectivity index (χ1) is 14.9. The van der Waals surface area contributed by atoms with E-state index in [0.717, 1.165) is 35.9 Å². The predicted molar refractivity (Wildman–Crippen MR) is 137 cm³/mol. The minimum absolute atomic E-state index is 0.0862. The van der Waals surface area contributed by atoms with Crippen LogP contribution < -0.4 is 11.5 Å². The van der Waals surface area contributed by atoms with Crippen molar-refractivity contribution in [3.8, 4) is 0 Å². The predicted octanol–water partition coefficient (Wildman–Crippen LogP) is 2.71. The summed E-state index contributed by atoms with van der Waals surface area (Å²) in [5.41, 5.74) is 13.1. The van der Waals surface area contributed by atoms with Crippen molar-refractivity contribution in [2.24, 2.45) is 16.5 Å². The van der Waals surface area contributed by atoms with E-state index >= 15 is 0 Å². The quantitative estimate of drug-likeness (QED) is 0.261. The Morgan fingerprint density at radius 3 is 2.45 bits per heavy atom. The Kier molecular flexibility index (Phi) is 7.10. The second kappa shape index (κ2) is 9.65. The van der Waals surface area contributed by atoms with E-state index in [1.165, 1.54) is 36.8 Å². The van der Waals surface area contributed by atoms with Crippen LogP contribution >= 0.6 is 19.8 Å². The van der Waals surface area contributed by atoms with Crippen LogP contribution in [0.25, 0.3) is 0 Å². The molecule has 1 saturated heterocycles. The van der Waals surface area contributed by atoms with E-state index in [4.69, 9.17) is 11.5 Å². The van der Waals surface area contributed by atoms with Crippen molar-refractivity contribution >= 4 is 31.7 Å². The van der Waals surface area contributed by atoms with Crippen LogP contribution in [0.5, 0.6) is 0 Å². The Morgan fingerprint density at radius 2 is 1.81 bits per heavy atom. The first-order valence-corrected chi connectivity index (χ1v) is 17.1. The average Bonchev–Trinajstić information content (AvgIpc) is 2.77. The van der Waals surface area contributed by atoms with Crippen molar-refractivity contribution in [1.29, 1.82) is 0 Å². The van der Waals surface area contributed by atoms with Gasteiger partial charge in [-0.15, -0.1) is 0 Å². The van der Waals surface area contributed by atoms with Crippen LogP contribution in [-0.2, 0) is 16.8 Å². The van der Waals surface area contributed by atoms with Gasteiger partial charge in [-0.25, -0.2) is 0 Å². The maximum atomic E-state index is 13.7. The SMILES string of the molecule is CI(C)C1CCC(N2CCC3(CC2)C(=O)N(CCN=C(N)N)Cc2ccccc23)CC1. The minimum atomic E-state index is -0.681. The summed E-state index contributed by atoms with van der Waals surface area (Å²) in [5, 5.41) is 0. The molecule has 0 unspecified atom stereocenters. The van der Waals surface area contributed by atoms with Crippen LogP contribution in [0, 0.1) is 0 Å². The summed E-state index contributed by atoms with van der Waals surface area (Å²) in [4.78, 5) is 27.6. The van der Waals surface area contributed by atoms with Gasteiger partial charge in [0.2, 0.25) is 0 Å². The Bertz CT molecular complexity index is 806. The van der Waals surface area contributed by atoms with Crippen LogP contribution in [0.2, 0.25) is 0 Å². The molecule has 2 fully saturated rings. The molecule has 3 aliphatic rings. The standard InChI is InChI=1S/C24H38IN5O/c1-25(2)19-7-9-20(10-8-19)29-14-11-24(12-15-29)21-6-4-3-5-18(21)17-30(22(24)31)16-13-28-23(26)27/h3-6,19-20H,7-17H2,1-2H3,(H4,26,27,28). The van der Waals surface area contributed by atoms with Gasteiger partial charge >= 0.3 is 172 Å². The van der Waals surface area contributed by atoms with E-state index in [1.54, 1.807) is 0 Å². The van der Waals surface area contributed by atoms with Gasteiger partial charge in [-0.3, -0.25) is 4.99 Å². The fraction of sp³-hybridized carbons (Fsp3) is 0.667. The molecule has 4 rings (SSSR count). The van der Waals surface area contributed by atoms with E-state index in [1.807, 2.05) is 4.90 Å². The van der Waals surface area contributed by atoms with Gasteiger partial charge in [0.1, 0.15) is 0 Å². The van der Waals surface area contributed by atoms with Gasteiger partial charge in [0.25, 0.3) is 0 Å². The molecule has 31 heavy (non-hydrogen) atoms. The molecule has 1 spiro atoms. The Morgan fingerprint density at radius 1 is 1.13 bits per heavy atom. The second-order valence-electron chi connectivity index (χ2n) is 9.53. The number of hydrogen-bond acceptors (Lipinski definition) is 3. The summed E-state index contributed by atoms with van der Waals surface area (Å²) in [6.45, 7) is 3.74. The summed E-state index contributed by atoms with van der Waals surface area (Å²) in [6.07, 6.45) is 7.38. The van der Waals surface area contributed by atoms with Gasteiger partial charge in [0, 0.05) is 0 Å². The molecule has 1 aromatic rings. The zero-order chi connectivity index (χ0) is 22.0. The number of rotatable bonds is 5. The number of piperidine rings is 1. The summed E-state index contributed by atoms with van der Waals surface area (Å²) >= 11 is -0.681. The van der Waals surface area contributed by atoms with Gasteiger partial charge in [0.05, 0.1) is 0 Å². The molecule has 2 heterocycles. The zero-order valence-corrected chi connectivity index (χ0v) is 21.2. The molecule has 1 saturated carbocycles. The topological polar surface area (TPSA) is 88.0 Å². The number of fused-ring (bicyclic) bond motifs is 2. The maximum absolute atomic E-state index is 13.7. The number of carbonyl (C=O) groups is 1. The first kappa shape index (κ1) is 22.8. The molecular weight excluding hydrogens is 501 g/mol. The molecule has 0 aromatic heterocycles. The number of alkyl halides is 3. The van der Waals surface area contributed by atoms with Gasteiger partial charge in [0.15, 0.2) is 5.96 Å². The summed E-state index contributed by atoms with van der Waals surface area (Å²) < 4.78 is 1.04. The second-order valence-corrected chi connectivity index (χ2v) is 15.9. The van der Waals surface area contributed by atoms with E-state index < -0.39 is 19.8 Å². The van der Waals surface area contributed by atoms with Crippen molar-refractivity contribution in [2.75, 3.05) is 36.0 Å². The van der Waals surface area contributed by atoms with E-state index in [0.29, 0.717) is 19.6 Å². The van der Waals surface area contributed by atoms with Crippen molar-refractivity contribution in [1.82, 2.24) is 9.80 Å². The molecule has 2 aliphatic heterocycles. The van der Waals surface area contributed by atoms with Crippen molar-refractivity contribution < 1.29 is 4.79 Å². The van der Waals surface area contributed by atoms with Gasteiger partial charge in [-0.05, 0) is 0 Å². The van der Waals surface area contributed by atoms with Gasteiger partial charge in [-0.1, -0.05) is 0 Å². The number of nitrogens with zero attached hydrogens (tertiary/aromatic N) is 3. The van der Waals surface area contributed by atoms with E-state index in [9.17, 15) is 4.79 Å². The molecule has 1 amide bonds. The van der Waals surface area contributed by atoms with Gasteiger partial charge < -0.3 is 11.5 Å². The third-order valence-electron chi connectivity index (χ3n) is 7.67. The number of amides is 1. The summed E-state index contributed by atoms with van der Waals surface area (Å²) in [5.74, 6) is 0.356. The Balaban J connectivity index is 1.47.